The molecule has 0 radical (unpaired) electrons. The van der Waals surface area contributed by atoms with Crippen LogP contribution in [-0.2, 0) is 11.3 Å². The van der Waals surface area contributed by atoms with Gasteiger partial charge in [0.2, 0.25) is 0 Å². The van der Waals surface area contributed by atoms with Gasteiger partial charge in [-0.05, 0) is 42.9 Å². The Morgan fingerprint density at radius 2 is 1.75 bits per heavy atom. The zero-order valence-electron chi connectivity index (χ0n) is 13.1. The van der Waals surface area contributed by atoms with Crippen LogP contribution >= 0.6 is 0 Å². The molecule has 4 nitrogen and oxygen atoms in total. The predicted octanol–water partition coefficient (Wildman–Crippen LogP) is 4.39. The van der Waals surface area contributed by atoms with Gasteiger partial charge in [0.05, 0.1) is 17.0 Å². The standard InChI is InChI=1S/C19H18N2O2S/c20-14-21(24(22)23)19-8-4-3-7-18(19)17-11-9-16(10-12-17)13-15-5-1-2-6-15/h3-4,7-13H,1-2,5-6H2,(H,22,23)/p-1. The molecule has 2 aromatic carbocycles. The van der Waals surface area contributed by atoms with E-state index in [1.54, 1.807) is 18.3 Å². The van der Waals surface area contributed by atoms with Crippen LogP contribution in [0.4, 0.5) is 5.69 Å². The zero-order valence-corrected chi connectivity index (χ0v) is 14.0. The van der Waals surface area contributed by atoms with Crippen LogP contribution < -0.4 is 4.31 Å². The van der Waals surface area contributed by atoms with Crippen molar-refractivity contribution in [3.05, 3.63) is 59.7 Å². The van der Waals surface area contributed by atoms with E-state index in [0.29, 0.717) is 15.6 Å². The van der Waals surface area contributed by atoms with Gasteiger partial charge >= 0.3 is 0 Å². The molecule has 0 aliphatic heterocycles. The second-order valence-electron chi connectivity index (χ2n) is 5.76. The number of allylic oxidation sites excluding steroid dienone is 1. The maximum absolute atomic E-state index is 11.3. The van der Waals surface area contributed by atoms with Gasteiger partial charge in [0.1, 0.15) is 0 Å². The van der Waals surface area contributed by atoms with Crippen molar-refractivity contribution in [1.29, 1.82) is 5.26 Å². The molecule has 1 aliphatic rings. The smallest absolute Gasteiger partial charge is 0.196 e. The number of rotatable bonds is 4. The first-order chi connectivity index (χ1) is 11.7. The summed E-state index contributed by atoms with van der Waals surface area (Å²) in [7, 11) is 0. The summed E-state index contributed by atoms with van der Waals surface area (Å²) in [5.74, 6) is 0. The van der Waals surface area contributed by atoms with Crippen LogP contribution in [0.3, 0.4) is 0 Å². The molecule has 2 aromatic rings. The Hall–Kier alpha value is -2.42. The lowest BCUT2D eigenvalue weighted by Gasteiger charge is -2.20. The largest absolute Gasteiger partial charge is 0.754 e. The van der Waals surface area contributed by atoms with E-state index in [2.05, 4.69) is 6.08 Å². The molecule has 1 aliphatic carbocycles. The van der Waals surface area contributed by atoms with Gasteiger partial charge in [0.15, 0.2) is 6.19 Å². The van der Waals surface area contributed by atoms with Gasteiger partial charge in [-0.25, -0.2) is 4.31 Å². The van der Waals surface area contributed by atoms with Crippen LogP contribution in [0, 0.1) is 11.5 Å². The van der Waals surface area contributed by atoms with Gasteiger partial charge in [0, 0.05) is 5.56 Å². The fourth-order valence-electron chi connectivity index (χ4n) is 3.03. The van der Waals surface area contributed by atoms with E-state index in [-0.39, 0.29) is 0 Å². The van der Waals surface area contributed by atoms with E-state index in [1.807, 2.05) is 36.4 Å². The summed E-state index contributed by atoms with van der Waals surface area (Å²) in [5.41, 5.74) is 4.58. The quantitative estimate of drug-likeness (QED) is 0.472. The normalized spacial score (nSPS) is 14.9. The van der Waals surface area contributed by atoms with Crippen molar-refractivity contribution in [2.45, 2.75) is 25.7 Å². The molecule has 3 rings (SSSR count). The molecule has 1 atom stereocenters. The van der Waals surface area contributed by atoms with Gasteiger partial charge in [-0.3, -0.25) is 4.21 Å². The predicted molar refractivity (Wildman–Crippen MR) is 95.3 cm³/mol. The highest BCUT2D eigenvalue weighted by molar-refractivity contribution is 7.80. The van der Waals surface area contributed by atoms with E-state index in [4.69, 9.17) is 5.26 Å². The molecular formula is C19H17N2O2S-. The van der Waals surface area contributed by atoms with Gasteiger partial charge < -0.3 is 4.55 Å². The second-order valence-corrected chi connectivity index (χ2v) is 6.56. The maximum atomic E-state index is 11.3. The van der Waals surface area contributed by atoms with Gasteiger partial charge in [-0.1, -0.05) is 54.1 Å². The highest BCUT2D eigenvalue weighted by Crippen LogP contribution is 2.32. The summed E-state index contributed by atoms with van der Waals surface area (Å²) in [6.45, 7) is 0. The minimum absolute atomic E-state index is 0.357. The summed E-state index contributed by atoms with van der Waals surface area (Å²) >= 11 is -2.63. The Balaban J connectivity index is 1.94. The van der Waals surface area contributed by atoms with Crippen molar-refractivity contribution in [2.75, 3.05) is 4.31 Å². The van der Waals surface area contributed by atoms with Gasteiger partial charge in [-0.2, -0.15) is 5.26 Å². The van der Waals surface area contributed by atoms with Crippen LogP contribution in [0.25, 0.3) is 17.2 Å². The molecule has 0 heterocycles. The lowest BCUT2D eigenvalue weighted by molar-refractivity contribution is 0.537. The van der Waals surface area contributed by atoms with Crippen LogP contribution in [0.1, 0.15) is 31.2 Å². The second kappa shape index (κ2) is 7.43. The SMILES string of the molecule is N#CN(c1ccccc1-c1ccc(C=C2CCCC2)cc1)S(=O)[O-]. The van der Waals surface area contributed by atoms with Crippen molar-refractivity contribution >= 4 is 23.0 Å². The van der Waals surface area contributed by atoms with E-state index < -0.39 is 11.3 Å². The monoisotopic (exact) mass is 337 g/mol. The fraction of sp³-hybridized carbons (Fsp3) is 0.211. The van der Waals surface area contributed by atoms with Crippen LogP contribution in [-0.4, -0.2) is 8.76 Å². The maximum Gasteiger partial charge on any atom is 0.196 e. The van der Waals surface area contributed by atoms with Gasteiger partial charge in [0.25, 0.3) is 0 Å². The Morgan fingerprint density at radius 1 is 1.08 bits per heavy atom. The first-order valence-electron chi connectivity index (χ1n) is 7.87. The summed E-state index contributed by atoms with van der Waals surface area (Å²) < 4.78 is 23.2. The highest BCUT2D eigenvalue weighted by atomic mass is 32.2. The lowest BCUT2D eigenvalue weighted by Crippen LogP contribution is -2.19. The number of hydrogen-bond acceptors (Lipinski definition) is 3. The van der Waals surface area contributed by atoms with E-state index >= 15 is 0 Å². The van der Waals surface area contributed by atoms with E-state index in [9.17, 15) is 8.76 Å². The molecule has 1 unspecified atom stereocenters. The summed E-state index contributed by atoms with van der Waals surface area (Å²) in [5, 5.41) is 9.10. The third-order valence-electron chi connectivity index (χ3n) is 4.20. The summed E-state index contributed by atoms with van der Waals surface area (Å²) in [4.78, 5) is 0. The Labute approximate surface area is 144 Å². The minimum atomic E-state index is -2.63. The molecular weight excluding hydrogens is 320 g/mol. The Kier molecular flexibility index (Phi) is 5.09. The fourth-order valence-corrected chi connectivity index (χ4v) is 3.42. The number of anilines is 1. The molecule has 0 amide bonds. The van der Waals surface area contributed by atoms with E-state index in [0.717, 1.165) is 11.1 Å². The Bertz CT molecular complexity index is 814. The molecule has 0 bridgehead atoms. The molecule has 0 N–H and O–H groups in total. The molecule has 24 heavy (non-hydrogen) atoms. The molecule has 0 aromatic heterocycles. The molecule has 1 fully saturated rings. The van der Waals surface area contributed by atoms with Crippen molar-refractivity contribution in [1.82, 2.24) is 0 Å². The number of para-hydroxylation sites is 1. The number of nitrogens with zero attached hydrogens (tertiary/aromatic N) is 2. The van der Waals surface area contributed by atoms with Crippen molar-refractivity contribution < 1.29 is 8.76 Å². The van der Waals surface area contributed by atoms with Crippen molar-refractivity contribution in [3.8, 4) is 17.3 Å². The average molecular weight is 337 g/mol. The first kappa shape index (κ1) is 16.4. The molecule has 5 heteroatoms. The van der Waals surface area contributed by atoms with Crippen LogP contribution in [0.5, 0.6) is 0 Å². The third kappa shape index (κ3) is 3.56. The highest BCUT2D eigenvalue weighted by Gasteiger charge is 2.13. The van der Waals surface area contributed by atoms with Crippen molar-refractivity contribution in [3.63, 3.8) is 0 Å². The number of nitriles is 1. The topological polar surface area (TPSA) is 67.2 Å². The Morgan fingerprint density at radius 3 is 2.38 bits per heavy atom. The summed E-state index contributed by atoms with van der Waals surface area (Å²) in [6, 6.07) is 15.0. The first-order valence-corrected chi connectivity index (χ1v) is 8.90. The molecule has 122 valence electrons. The zero-order chi connectivity index (χ0) is 16.9. The van der Waals surface area contributed by atoms with Crippen molar-refractivity contribution in [2.24, 2.45) is 0 Å². The molecule has 1 saturated carbocycles. The molecule has 0 spiro atoms. The minimum Gasteiger partial charge on any atom is -0.754 e. The van der Waals surface area contributed by atoms with Crippen LogP contribution in [0.15, 0.2) is 54.1 Å². The molecule has 0 saturated heterocycles. The van der Waals surface area contributed by atoms with E-state index in [1.165, 1.54) is 31.3 Å². The number of benzene rings is 2. The summed E-state index contributed by atoms with van der Waals surface area (Å²) in [6.07, 6.45) is 8.83. The number of hydrogen-bond donors (Lipinski definition) is 0. The lowest BCUT2D eigenvalue weighted by atomic mass is 10.0. The average Bonchev–Trinajstić information content (AvgIpc) is 3.09. The van der Waals surface area contributed by atoms with Crippen LogP contribution in [0.2, 0.25) is 0 Å². The third-order valence-corrected chi connectivity index (χ3v) is 4.78. The van der Waals surface area contributed by atoms with Gasteiger partial charge in [-0.15, -0.1) is 0 Å².